The smallest absolute Gasteiger partial charge is 0.358 e. The van der Waals surface area contributed by atoms with E-state index in [1.165, 1.54) is 16.4 Å². The number of benzene rings is 1. The number of amides is 1. The molecule has 0 aliphatic heterocycles. The number of carbonyl (C=O) groups is 1. The molecule has 0 bridgehead atoms. The summed E-state index contributed by atoms with van der Waals surface area (Å²) in [5.74, 6) is 6.30. The first-order chi connectivity index (χ1) is 8.18. The molecule has 0 aliphatic carbocycles. The number of primary amides is 1. The van der Waals surface area contributed by atoms with Crippen molar-refractivity contribution in [2.45, 2.75) is 5.16 Å². The lowest BCUT2D eigenvalue weighted by atomic mass is 10.2. The zero-order chi connectivity index (χ0) is 12.3. The molecule has 0 aliphatic rings. The van der Waals surface area contributed by atoms with E-state index in [0.717, 1.165) is 5.56 Å². The molecule has 7 heteroatoms. The predicted molar refractivity (Wildman–Crippen MR) is 64.3 cm³/mol. The molecule has 0 saturated heterocycles. The first-order valence-corrected chi connectivity index (χ1v) is 5.89. The highest BCUT2D eigenvalue weighted by Crippen LogP contribution is 2.15. The van der Waals surface area contributed by atoms with Crippen molar-refractivity contribution in [1.29, 1.82) is 0 Å². The quantitative estimate of drug-likeness (QED) is 0.392. The summed E-state index contributed by atoms with van der Waals surface area (Å²) < 4.78 is 1.41. The Bertz CT molecular complexity index is 525. The van der Waals surface area contributed by atoms with Gasteiger partial charge in [0.1, 0.15) is 0 Å². The van der Waals surface area contributed by atoms with Gasteiger partial charge in [0.15, 0.2) is 0 Å². The van der Waals surface area contributed by atoms with E-state index in [1.54, 1.807) is 0 Å². The minimum absolute atomic E-state index is 0.149. The van der Waals surface area contributed by atoms with Gasteiger partial charge in [-0.15, -0.1) is 9.77 Å². The summed E-state index contributed by atoms with van der Waals surface area (Å²) in [5, 5.41) is 7.38. The van der Waals surface area contributed by atoms with Crippen molar-refractivity contribution >= 4 is 17.7 Å². The van der Waals surface area contributed by atoms with Crippen LogP contribution >= 0.6 is 11.8 Å². The minimum Gasteiger partial charge on any atom is -0.369 e. The third kappa shape index (κ3) is 2.56. The van der Waals surface area contributed by atoms with E-state index >= 15 is 0 Å². The second-order valence-corrected chi connectivity index (χ2v) is 4.29. The highest BCUT2D eigenvalue weighted by Gasteiger charge is 2.20. The van der Waals surface area contributed by atoms with E-state index in [0.29, 0.717) is 11.0 Å². The number of nitrogen functional groups attached to an aromatic ring is 1. The van der Waals surface area contributed by atoms with E-state index < -0.39 is 5.91 Å². The molecular formula is C10H12N5OS+. The monoisotopic (exact) mass is 250 g/mol. The fourth-order valence-electron chi connectivity index (χ4n) is 1.34. The highest BCUT2D eigenvalue weighted by molar-refractivity contribution is 7.99. The standard InChI is InChI=1S/C10H11N5OS/c11-8(16)6-17-10-14-13-9(15(10)12)7-4-2-1-3-5-7/h1-5H,6,12H2,(H2,11,16)/p+1. The predicted octanol–water partition coefficient (Wildman–Crippen LogP) is -0.345. The zero-order valence-electron chi connectivity index (χ0n) is 8.96. The molecule has 6 nitrogen and oxygen atoms in total. The van der Waals surface area contributed by atoms with Crippen LogP contribution in [-0.2, 0) is 4.79 Å². The average Bonchev–Trinajstić information content (AvgIpc) is 2.69. The molecule has 1 amide bonds. The van der Waals surface area contributed by atoms with Crippen LogP contribution in [0.2, 0.25) is 0 Å². The Labute approximate surface area is 102 Å². The molecule has 0 saturated carbocycles. The van der Waals surface area contributed by atoms with Crippen molar-refractivity contribution in [3.63, 3.8) is 0 Å². The van der Waals surface area contributed by atoms with E-state index in [9.17, 15) is 4.79 Å². The Hall–Kier alpha value is -2.02. The maximum atomic E-state index is 10.7. The number of hydrogen-bond acceptors (Lipinski definition) is 4. The van der Waals surface area contributed by atoms with Gasteiger partial charge in [-0.2, -0.15) is 0 Å². The SMILES string of the molecule is NC(=O)CSc1n[nH]c(-c2ccccc2)[n+]1N. The van der Waals surface area contributed by atoms with Crippen LogP contribution in [0, 0.1) is 0 Å². The summed E-state index contributed by atoms with van der Waals surface area (Å²) in [5.41, 5.74) is 5.98. The van der Waals surface area contributed by atoms with E-state index in [1.807, 2.05) is 30.3 Å². The number of H-pyrrole nitrogens is 1. The number of aromatic amines is 1. The summed E-state index contributed by atoms with van der Waals surface area (Å²) in [6.07, 6.45) is 0. The molecule has 1 aromatic heterocycles. The van der Waals surface area contributed by atoms with Gasteiger partial charge in [0.25, 0.3) is 5.82 Å². The molecule has 1 heterocycles. The Morgan fingerprint density at radius 3 is 2.76 bits per heavy atom. The lowest BCUT2D eigenvalue weighted by Crippen LogP contribution is -2.47. The number of aromatic nitrogens is 3. The summed E-state index contributed by atoms with van der Waals surface area (Å²) in [7, 11) is 0. The van der Waals surface area contributed by atoms with Crippen molar-refractivity contribution in [2.24, 2.45) is 5.73 Å². The third-order valence-corrected chi connectivity index (χ3v) is 3.07. The van der Waals surface area contributed by atoms with Gasteiger partial charge in [0.2, 0.25) is 5.91 Å². The summed E-state index contributed by atoms with van der Waals surface area (Å²) in [6.45, 7) is 0. The van der Waals surface area contributed by atoms with Crippen LogP contribution in [-0.4, -0.2) is 21.9 Å². The maximum Gasteiger partial charge on any atom is 0.358 e. The lowest BCUT2D eigenvalue weighted by molar-refractivity contribution is -0.666. The van der Waals surface area contributed by atoms with E-state index in [-0.39, 0.29) is 5.75 Å². The molecule has 0 unspecified atom stereocenters. The van der Waals surface area contributed by atoms with Gasteiger partial charge in [-0.05, 0) is 23.9 Å². The van der Waals surface area contributed by atoms with Gasteiger partial charge < -0.3 is 5.73 Å². The molecule has 0 fully saturated rings. The molecule has 0 radical (unpaired) electrons. The highest BCUT2D eigenvalue weighted by atomic mass is 32.2. The molecule has 17 heavy (non-hydrogen) atoms. The number of nitrogens with two attached hydrogens (primary N) is 2. The Morgan fingerprint density at radius 2 is 2.12 bits per heavy atom. The van der Waals surface area contributed by atoms with E-state index in [2.05, 4.69) is 10.2 Å². The van der Waals surface area contributed by atoms with Gasteiger partial charge >= 0.3 is 5.16 Å². The van der Waals surface area contributed by atoms with Crippen LogP contribution in [0.4, 0.5) is 0 Å². The van der Waals surface area contributed by atoms with Crippen LogP contribution in [0.15, 0.2) is 35.5 Å². The summed E-state index contributed by atoms with van der Waals surface area (Å²) in [6, 6.07) is 9.57. The van der Waals surface area contributed by atoms with Crippen LogP contribution in [0.3, 0.4) is 0 Å². The van der Waals surface area contributed by atoms with Crippen LogP contribution in [0.5, 0.6) is 0 Å². The van der Waals surface area contributed by atoms with Crippen LogP contribution in [0.25, 0.3) is 11.4 Å². The van der Waals surface area contributed by atoms with Gasteiger partial charge in [-0.3, -0.25) is 10.6 Å². The summed E-state index contributed by atoms with van der Waals surface area (Å²) in [4.78, 5) is 10.7. The Balaban J connectivity index is 2.24. The lowest BCUT2D eigenvalue weighted by Gasteiger charge is -1.95. The minimum atomic E-state index is -0.403. The number of nitrogens with zero attached hydrogens (tertiary/aromatic N) is 2. The molecular weight excluding hydrogens is 238 g/mol. The van der Waals surface area contributed by atoms with Gasteiger partial charge in [0.05, 0.1) is 16.4 Å². The first kappa shape index (κ1) is 11.5. The number of thioether (sulfide) groups is 1. The first-order valence-electron chi connectivity index (χ1n) is 4.90. The van der Waals surface area contributed by atoms with Crippen LogP contribution in [0.1, 0.15) is 0 Å². The maximum absolute atomic E-state index is 10.7. The average molecular weight is 250 g/mol. The molecule has 5 N–H and O–H groups in total. The molecule has 0 atom stereocenters. The Kier molecular flexibility index (Phi) is 3.29. The van der Waals surface area contributed by atoms with Gasteiger partial charge in [0, 0.05) is 0 Å². The molecule has 0 spiro atoms. The number of rotatable bonds is 4. The molecule has 1 aromatic carbocycles. The second-order valence-electron chi connectivity index (χ2n) is 3.35. The number of nitrogens with one attached hydrogen (secondary N) is 1. The fourth-order valence-corrected chi connectivity index (χ4v) is 1.95. The zero-order valence-corrected chi connectivity index (χ0v) is 9.78. The molecule has 2 rings (SSSR count). The second kappa shape index (κ2) is 4.88. The Morgan fingerprint density at radius 1 is 1.41 bits per heavy atom. The van der Waals surface area contributed by atoms with Gasteiger partial charge in [-0.1, -0.05) is 18.2 Å². The largest absolute Gasteiger partial charge is 0.369 e. The van der Waals surface area contributed by atoms with Crippen molar-refractivity contribution in [2.75, 3.05) is 11.6 Å². The summed E-state index contributed by atoms with van der Waals surface area (Å²) >= 11 is 1.19. The van der Waals surface area contributed by atoms with Crippen LogP contribution < -0.4 is 16.3 Å². The van der Waals surface area contributed by atoms with E-state index in [4.69, 9.17) is 11.6 Å². The normalized spacial score (nSPS) is 10.4. The number of hydrogen-bond donors (Lipinski definition) is 3. The topological polar surface area (TPSA) is 102 Å². The van der Waals surface area contributed by atoms with Crippen molar-refractivity contribution in [3.8, 4) is 11.4 Å². The fraction of sp³-hybridized carbons (Fsp3) is 0.100. The van der Waals surface area contributed by atoms with Crippen molar-refractivity contribution in [3.05, 3.63) is 30.3 Å². The van der Waals surface area contributed by atoms with Crippen molar-refractivity contribution < 1.29 is 9.47 Å². The number of carbonyl (C=O) groups excluding carboxylic acids is 1. The molecule has 2 aromatic rings. The van der Waals surface area contributed by atoms with Crippen molar-refractivity contribution in [1.82, 2.24) is 10.2 Å². The third-order valence-electron chi connectivity index (χ3n) is 2.10. The van der Waals surface area contributed by atoms with Gasteiger partial charge in [-0.25, -0.2) is 0 Å². The molecule has 88 valence electrons.